The van der Waals surface area contributed by atoms with E-state index in [0.717, 1.165) is 44.2 Å². The first-order chi connectivity index (χ1) is 9.37. The number of anilines is 1. The van der Waals surface area contributed by atoms with E-state index in [1.165, 1.54) is 0 Å². The number of nitrogens with zero attached hydrogens (tertiary/aromatic N) is 3. The first-order valence-electron chi connectivity index (χ1n) is 7.17. The van der Waals surface area contributed by atoms with E-state index in [9.17, 15) is 9.90 Å². The van der Waals surface area contributed by atoms with Gasteiger partial charge in [0.15, 0.2) is 0 Å². The lowest BCUT2D eigenvalue weighted by atomic mass is 10.1. The Hall–Kier alpha value is -1.40. The average Bonchev–Trinajstić information content (AvgIpc) is 2.37. The Kier molecular flexibility index (Phi) is 4.45. The zero-order valence-electron chi connectivity index (χ0n) is 12.5. The summed E-state index contributed by atoms with van der Waals surface area (Å²) in [6.07, 6.45) is 0.724. The smallest absolute Gasteiger partial charge is 0.252 e. The van der Waals surface area contributed by atoms with Crippen LogP contribution >= 0.6 is 0 Å². The Labute approximate surface area is 119 Å². The summed E-state index contributed by atoms with van der Waals surface area (Å²) in [6.45, 7) is 9.70. The van der Waals surface area contributed by atoms with Crippen LogP contribution < -0.4 is 10.5 Å². The van der Waals surface area contributed by atoms with Gasteiger partial charge in [0.05, 0.1) is 5.60 Å². The van der Waals surface area contributed by atoms with Gasteiger partial charge in [0, 0.05) is 45.2 Å². The first kappa shape index (κ1) is 15.0. The van der Waals surface area contributed by atoms with Gasteiger partial charge in [-0.1, -0.05) is 6.92 Å². The van der Waals surface area contributed by atoms with E-state index in [1.54, 1.807) is 6.07 Å². The van der Waals surface area contributed by atoms with E-state index in [2.05, 4.69) is 19.8 Å². The standard InChI is InChI=1S/C14H24N4O2/c1-4-11-15-12(9-13(19)16-11)18-7-5-17(6-8-18)10-14(2,3)20/h9,20H,4-8,10H2,1-3H3,(H,15,16,19). The molecule has 0 saturated carbocycles. The third-order valence-electron chi connectivity index (χ3n) is 3.42. The Morgan fingerprint density at radius 1 is 1.35 bits per heavy atom. The molecule has 1 aliphatic rings. The zero-order chi connectivity index (χ0) is 14.8. The molecule has 0 spiro atoms. The molecule has 20 heavy (non-hydrogen) atoms. The lowest BCUT2D eigenvalue weighted by Crippen LogP contribution is -2.50. The third kappa shape index (κ3) is 4.05. The Bertz CT molecular complexity index is 499. The van der Waals surface area contributed by atoms with Crippen molar-refractivity contribution in [2.75, 3.05) is 37.6 Å². The quantitative estimate of drug-likeness (QED) is 0.826. The van der Waals surface area contributed by atoms with E-state index in [-0.39, 0.29) is 5.56 Å². The number of H-pyrrole nitrogens is 1. The summed E-state index contributed by atoms with van der Waals surface area (Å²) >= 11 is 0. The molecule has 6 heteroatoms. The van der Waals surface area contributed by atoms with Crippen molar-refractivity contribution in [1.29, 1.82) is 0 Å². The fraction of sp³-hybridized carbons (Fsp3) is 0.714. The van der Waals surface area contributed by atoms with E-state index >= 15 is 0 Å². The maximum Gasteiger partial charge on any atom is 0.252 e. The van der Waals surface area contributed by atoms with Crippen molar-refractivity contribution in [2.24, 2.45) is 0 Å². The van der Waals surface area contributed by atoms with Crippen molar-refractivity contribution in [3.63, 3.8) is 0 Å². The molecule has 1 fully saturated rings. The van der Waals surface area contributed by atoms with Crippen molar-refractivity contribution in [2.45, 2.75) is 32.8 Å². The van der Waals surface area contributed by atoms with Crippen LogP contribution in [0.3, 0.4) is 0 Å². The number of nitrogens with one attached hydrogen (secondary N) is 1. The van der Waals surface area contributed by atoms with Gasteiger partial charge in [0.25, 0.3) is 5.56 Å². The molecule has 0 unspecified atom stereocenters. The molecule has 0 atom stereocenters. The lowest BCUT2D eigenvalue weighted by Gasteiger charge is -2.37. The third-order valence-corrected chi connectivity index (χ3v) is 3.42. The van der Waals surface area contributed by atoms with E-state index in [0.29, 0.717) is 6.54 Å². The van der Waals surface area contributed by atoms with Crippen LogP contribution in [-0.4, -0.2) is 58.3 Å². The van der Waals surface area contributed by atoms with Crippen LogP contribution in [0.25, 0.3) is 0 Å². The summed E-state index contributed by atoms with van der Waals surface area (Å²) in [5, 5.41) is 9.84. The van der Waals surface area contributed by atoms with Crippen molar-refractivity contribution in [3.05, 3.63) is 22.2 Å². The Morgan fingerprint density at radius 2 is 2.00 bits per heavy atom. The highest BCUT2D eigenvalue weighted by Gasteiger charge is 2.23. The van der Waals surface area contributed by atoms with Gasteiger partial charge >= 0.3 is 0 Å². The zero-order valence-corrected chi connectivity index (χ0v) is 12.5. The van der Waals surface area contributed by atoms with Gasteiger partial charge < -0.3 is 15.0 Å². The van der Waals surface area contributed by atoms with Crippen LogP contribution in [0.15, 0.2) is 10.9 Å². The molecule has 0 bridgehead atoms. The van der Waals surface area contributed by atoms with Gasteiger partial charge in [-0.3, -0.25) is 9.69 Å². The molecule has 6 nitrogen and oxygen atoms in total. The number of aromatic amines is 1. The fourth-order valence-electron chi connectivity index (χ4n) is 2.51. The summed E-state index contributed by atoms with van der Waals surface area (Å²) in [5.41, 5.74) is -0.759. The molecule has 1 aromatic heterocycles. The van der Waals surface area contributed by atoms with Crippen molar-refractivity contribution in [3.8, 4) is 0 Å². The van der Waals surface area contributed by atoms with Crippen LogP contribution in [0.5, 0.6) is 0 Å². The number of hydrogen-bond acceptors (Lipinski definition) is 5. The molecule has 0 radical (unpaired) electrons. The number of aliphatic hydroxyl groups is 1. The summed E-state index contributed by atoms with van der Waals surface area (Å²) in [4.78, 5) is 23.2. The monoisotopic (exact) mass is 280 g/mol. The highest BCUT2D eigenvalue weighted by molar-refractivity contribution is 5.38. The summed E-state index contributed by atoms with van der Waals surface area (Å²) in [7, 11) is 0. The second-order valence-electron chi connectivity index (χ2n) is 5.98. The predicted octanol–water partition coefficient (Wildman–Crippen LogP) is 0.225. The van der Waals surface area contributed by atoms with E-state index in [4.69, 9.17) is 0 Å². The van der Waals surface area contributed by atoms with Crippen LogP contribution in [0.2, 0.25) is 0 Å². The second-order valence-corrected chi connectivity index (χ2v) is 5.98. The predicted molar refractivity (Wildman–Crippen MR) is 79.2 cm³/mol. The topological polar surface area (TPSA) is 72.5 Å². The molecular weight excluding hydrogens is 256 g/mol. The van der Waals surface area contributed by atoms with Gasteiger partial charge in [-0.25, -0.2) is 4.98 Å². The molecule has 0 aromatic carbocycles. The van der Waals surface area contributed by atoms with Gasteiger partial charge in [-0.2, -0.15) is 0 Å². The highest BCUT2D eigenvalue weighted by atomic mass is 16.3. The number of β-amino-alcohol motifs (C(OH)–C–C–N with tert-alkyl or cyclic N) is 1. The molecule has 0 aliphatic carbocycles. The van der Waals surface area contributed by atoms with Gasteiger partial charge in [-0.05, 0) is 13.8 Å². The van der Waals surface area contributed by atoms with E-state index < -0.39 is 5.60 Å². The Morgan fingerprint density at radius 3 is 2.55 bits per heavy atom. The number of piperazine rings is 1. The second kappa shape index (κ2) is 5.93. The van der Waals surface area contributed by atoms with Crippen LogP contribution in [0, 0.1) is 0 Å². The molecule has 1 aromatic rings. The minimum absolute atomic E-state index is 0.0919. The van der Waals surface area contributed by atoms with E-state index in [1.807, 2.05) is 20.8 Å². The molecule has 2 N–H and O–H groups in total. The van der Waals surface area contributed by atoms with Crippen molar-refractivity contribution >= 4 is 5.82 Å². The Balaban J connectivity index is 2.00. The van der Waals surface area contributed by atoms with Crippen molar-refractivity contribution < 1.29 is 5.11 Å². The maximum absolute atomic E-state index is 11.6. The number of aryl methyl sites for hydroxylation is 1. The molecule has 112 valence electrons. The van der Waals surface area contributed by atoms with Crippen LogP contribution in [-0.2, 0) is 6.42 Å². The summed E-state index contributed by atoms with van der Waals surface area (Å²) in [5.74, 6) is 1.49. The molecule has 0 amide bonds. The lowest BCUT2D eigenvalue weighted by molar-refractivity contribution is 0.0344. The number of hydrogen-bond donors (Lipinski definition) is 2. The first-order valence-corrected chi connectivity index (χ1v) is 7.17. The molecule has 2 rings (SSSR count). The largest absolute Gasteiger partial charge is 0.389 e. The minimum atomic E-state index is -0.667. The number of rotatable bonds is 4. The maximum atomic E-state index is 11.6. The van der Waals surface area contributed by atoms with Crippen LogP contribution in [0.4, 0.5) is 5.82 Å². The van der Waals surface area contributed by atoms with Gasteiger partial charge in [0.2, 0.25) is 0 Å². The SMILES string of the molecule is CCc1nc(N2CCN(CC(C)(C)O)CC2)cc(=O)[nH]1. The fourth-order valence-corrected chi connectivity index (χ4v) is 2.51. The van der Waals surface area contributed by atoms with Gasteiger partial charge in [0.1, 0.15) is 11.6 Å². The minimum Gasteiger partial charge on any atom is -0.389 e. The summed E-state index contributed by atoms with van der Waals surface area (Å²) < 4.78 is 0. The normalized spacial score (nSPS) is 17.5. The molecule has 1 aliphatic heterocycles. The summed E-state index contributed by atoms with van der Waals surface area (Å²) in [6, 6.07) is 1.56. The van der Waals surface area contributed by atoms with Gasteiger partial charge in [-0.15, -0.1) is 0 Å². The number of aromatic nitrogens is 2. The molecular formula is C14H24N4O2. The molecule has 1 saturated heterocycles. The average molecular weight is 280 g/mol. The molecule has 2 heterocycles. The van der Waals surface area contributed by atoms with Crippen LogP contribution in [0.1, 0.15) is 26.6 Å². The van der Waals surface area contributed by atoms with Crippen molar-refractivity contribution in [1.82, 2.24) is 14.9 Å². The highest BCUT2D eigenvalue weighted by Crippen LogP contribution is 2.14.